The highest BCUT2D eigenvalue weighted by Gasteiger charge is 2.31. The summed E-state index contributed by atoms with van der Waals surface area (Å²) in [5.74, 6) is -0.486. The van der Waals surface area contributed by atoms with Crippen LogP contribution in [-0.4, -0.2) is 29.3 Å². The topological polar surface area (TPSA) is 92.6 Å². The van der Waals surface area contributed by atoms with Crippen molar-refractivity contribution in [2.24, 2.45) is 0 Å². The number of carbonyl (C=O) groups is 2. The van der Waals surface area contributed by atoms with E-state index in [2.05, 4.69) is 5.32 Å². The maximum absolute atomic E-state index is 12.3. The zero-order valence-electron chi connectivity index (χ0n) is 13.6. The highest BCUT2D eigenvalue weighted by molar-refractivity contribution is 5.99. The van der Waals surface area contributed by atoms with Gasteiger partial charge in [0.2, 0.25) is 5.91 Å². The number of nitro groups is 1. The smallest absolute Gasteiger partial charge is 0.270 e. The molecule has 7 heteroatoms. The van der Waals surface area contributed by atoms with E-state index in [9.17, 15) is 19.7 Å². The van der Waals surface area contributed by atoms with Crippen LogP contribution in [0.5, 0.6) is 0 Å². The normalized spacial score (nSPS) is 16.8. The molecular formula is C18H17N3O4. The van der Waals surface area contributed by atoms with Crippen molar-refractivity contribution >= 4 is 23.2 Å². The Hall–Kier alpha value is -3.22. The van der Waals surface area contributed by atoms with Crippen molar-refractivity contribution in [3.8, 4) is 0 Å². The van der Waals surface area contributed by atoms with E-state index < -0.39 is 10.8 Å². The Bertz CT molecular complexity index is 832. The number of amides is 2. The molecule has 1 aliphatic heterocycles. The summed E-state index contributed by atoms with van der Waals surface area (Å²) in [6.45, 7) is 2.35. The zero-order chi connectivity index (χ0) is 18.0. The third kappa shape index (κ3) is 3.65. The Morgan fingerprint density at radius 1 is 1.24 bits per heavy atom. The molecule has 1 unspecified atom stereocenters. The molecule has 0 aromatic heterocycles. The van der Waals surface area contributed by atoms with Gasteiger partial charge in [-0.3, -0.25) is 19.7 Å². The lowest BCUT2D eigenvalue weighted by molar-refractivity contribution is -0.384. The number of hydrogen-bond acceptors (Lipinski definition) is 4. The number of nitrogens with one attached hydrogen (secondary N) is 1. The molecular weight excluding hydrogens is 322 g/mol. The second-order valence-corrected chi connectivity index (χ2v) is 6.02. The van der Waals surface area contributed by atoms with Gasteiger partial charge in [0.1, 0.15) is 0 Å². The molecule has 0 aliphatic carbocycles. The molecule has 2 amide bonds. The maximum atomic E-state index is 12.3. The zero-order valence-corrected chi connectivity index (χ0v) is 13.6. The Morgan fingerprint density at radius 2 is 1.96 bits per heavy atom. The van der Waals surface area contributed by atoms with Crippen molar-refractivity contribution in [2.45, 2.75) is 19.4 Å². The van der Waals surface area contributed by atoms with Crippen molar-refractivity contribution in [2.75, 3.05) is 11.4 Å². The number of hydrogen-bond donors (Lipinski definition) is 1. The summed E-state index contributed by atoms with van der Waals surface area (Å²) in [5.41, 5.74) is 1.96. The number of anilines is 1. The highest BCUT2D eigenvalue weighted by Crippen LogP contribution is 2.22. The number of non-ortho nitro benzene ring substituents is 1. The van der Waals surface area contributed by atoms with E-state index in [0.29, 0.717) is 6.54 Å². The van der Waals surface area contributed by atoms with Crippen LogP contribution < -0.4 is 10.2 Å². The minimum absolute atomic E-state index is 0.0619. The summed E-state index contributed by atoms with van der Waals surface area (Å²) >= 11 is 0. The monoisotopic (exact) mass is 339 g/mol. The van der Waals surface area contributed by atoms with Gasteiger partial charge >= 0.3 is 0 Å². The van der Waals surface area contributed by atoms with Gasteiger partial charge in [0.15, 0.2) is 0 Å². The summed E-state index contributed by atoms with van der Waals surface area (Å²) in [4.78, 5) is 36.4. The third-order valence-corrected chi connectivity index (χ3v) is 4.13. The largest absolute Gasteiger partial charge is 0.347 e. The molecule has 1 heterocycles. The average molecular weight is 339 g/mol. The Kier molecular flexibility index (Phi) is 4.47. The average Bonchev–Trinajstić information content (AvgIpc) is 2.96. The Labute approximate surface area is 144 Å². The van der Waals surface area contributed by atoms with E-state index >= 15 is 0 Å². The first-order valence-corrected chi connectivity index (χ1v) is 7.86. The summed E-state index contributed by atoms with van der Waals surface area (Å²) in [6, 6.07) is 12.8. The minimum Gasteiger partial charge on any atom is -0.347 e. The predicted octanol–water partition coefficient (Wildman–Crippen LogP) is 2.44. The fourth-order valence-corrected chi connectivity index (χ4v) is 2.81. The summed E-state index contributed by atoms with van der Waals surface area (Å²) in [6.07, 6.45) is 0.203. The number of nitro benzene ring substituents is 1. The van der Waals surface area contributed by atoms with E-state index in [1.807, 2.05) is 31.2 Å². The van der Waals surface area contributed by atoms with Crippen LogP contribution in [0.2, 0.25) is 0 Å². The van der Waals surface area contributed by atoms with Gasteiger partial charge < -0.3 is 10.2 Å². The van der Waals surface area contributed by atoms with Crippen LogP contribution in [0, 0.1) is 17.0 Å². The van der Waals surface area contributed by atoms with Crippen LogP contribution in [0.15, 0.2) is 48.5 Å². The lowest BCUT2D eigenvalue weighted by Crippen LogP contribution is -2.37. The van der Waals surface area contributed by atoms with Crippen molar-refractivity contribution in [1.29, 1.82) is 0 Å². The lowest BCUT2D eigenvalue weighted by Gasteiger charge is -2.17. The molecule has 1 fully saturated rings. The van der Waals surface area contributed by atoms with E-state index in [1.54, 1.807) is 4.90 Å². The van der Waals surface area contributed by atoms with E-state index in [0.717, 1.165) is 11.3 Å². The van der Waals surface area contributed by atoms with Gasteiger partial charge in [-0.25, -0.2) is 0 Å². The van der Waals surface area contributed by atoms with Crippen LogP contribution in [0.25, 0.3) is 0 Å². The Balaban J connectivity index is 1.69. The first kappa shape index (κ1) is 16.6. The van der Waals surface area contributed by atoms with Gasteiger partial charge in [0, 0.05) is 36.3 Å². The van der Waals surface area contributed by atoms with Gasteiger partial charge in [0.05, 0.1) is 11.0 Å². The summed E-state index contributed by atoms with van der Waals surface area (Å²) in [5, 5.41) is 13.6. The first-order chi connectivity index (χ1) is 11.9. The minimum atomic E-state index is -0.547. The second kappa shape index (κ2) is 6.72. The van der Waals surface area contributed by atoms with Crippen molar-refractivity contribution in [3.63, 3.8) is 0 Å². The maximum Gasteiger partial charge on any atom is 0.270 e. The number of nitrogens with zero attached hydrogens (tertiary/aromatic N) is 2. The van der Waals surface area contributed by atoms with Crippen LogP contribution in [0.3, 0.4) is 0 Å². The standard InChI is InChI=1S/C18H17N3O4/c1-12-5-7-15(8-6-12)20-11-14(10-17(20)22)19-18(23)13-3-2-4-16(9-13)21(24)25/h2-9,14H,10-11H2,1H3,(H,19,23). The molecule has 128 valence electrons. The van der Waals surface area contributed by atoms with Gasteiger partial charge in [-0.05, 0) is 25.1 Å². The van der Waals surface area contributed by atoms with E-state index in [-0.39, 0.29) is 29.6 Å². The van der Waals surface area contributed by atoms with E-state index in [1.165, 1.54) is 24.3 Å². The third-order valence-electron chi connectivity index (χ3n) is 4.13. The SMILES string of the molecule is Cc1ccc(N2CC(NC(=O)c3cccc([N+](=O)[O-])c3)CC2=O)cc1. The molecule has 0 saturated carbocycles. The number of carbonyl (C=O) groups excluding carboxylic acids is 2. The molecule has 1 atom stereocenters. The molecule has 3 rings (SSSR count). The Morgan fingerprint density at radius 3 is 2.64 bits per heavy atom. The quantitative estimate of drug-likeness (QED) is 0.684. The van der Waals surface area contributed by atoms with Gasteiger partial charge in [-0.1, -0.05) is 23.8 Å². The molecule has 0 spiro atoms. The first-order valence-electron chi connectivity index (χ1n) is 7.86. The van der Waals surface area contributed by atoms with Crippen LogP contribution in [0.1, 0.15) is 22.3 Å². The van der Waals surface area contributed by atoms with Gasteiger partial charge in [0.25, 0.3) is 11.6 Å². The number of rotatable bonds is 4. The van der Waals surface area contributed by atoms with Gasteiger partial charge in [-0.2, -0.15) is 0 Å². The molecule has 1 saturated heterocycles. The summed E-state index contributed by atoms with van der Waals surface area (Å²) < 4.78 is 0. The van der Waals surface area contributed by atoms with E-state index in [4.69, 9.17) is 0 Å². The fraction of sp³-hybridized carbons (Fsp3) is 0.222. The van der Waals surface area contributed by atoms with Crippen LogP contribution in [-0.2, 0) is 4.79 Å². The lowest BCUT2D eigenvalue weighted by atomic mass is 10.1. The van der Waals surface area contributed by atoms with Crippen LogP contribution >= 0.6 is 0 Å². The van der Waals surface area contributed by atoms with Crippen LogP contribution in [0.4, 0.5) is 11.4 Å². The number of aryl methyl sites for hydroxylation is 1. The molecule has 7 nitrogen and oxygen atoms in total. The summed E-state index contributed by atoms with van der Waals surface area (Å²) in [7, 11) is 0. The fourth-order valence-electron chi connectivity index (χ4n) is 2.81. The second-order valence-electron chi connectivity index (χ2n) is 6.02. The molecule has 2 aromatic rings. The predicted molar refractivity (Wildman–Crippen MR) is 92.5 cm³/mol. The molecule has 1 aliphatic rings. The number of benzene rings is 2. The van der Waals surface area contributed by atoms with Crippen molar-refractivity contribution in [1.82, 2.24) is 5.32 Å². The van der Waals surface area contributed by atoms with Crippen molar-refractivity contribution < 1.29 is 14.5 Å². The molecule has 2 aromatic carbocycles. The molecule has 25 heavy (non-hydrogen) atoms. The molecule has 0 radical (unpaired) electrons. The molecule has 0 bridgehead atoms. The molecule has 1 N–H and O–H groups in total. The van der Waals surface area contributed by atoms with Gasteiger partial charge in [-0.15, -0.1) is 0 Å². The highest BCUT2D eigenvalue weighted by atomic mass is 16.6. The van der Waals surface area contributed by atoms with Crippen molar-refractivity contribution in [3.05, 3.63) is 69.8 Å².